The minimum atomic E-state index is -0.157. The molecule has 130 valence electrons. The van der Waals surface area contributed by atoms with E-state index in [0.717, 1.165) is 6.42 Å². The summed E-state index contributed by atoms with van der Waals surface area (Å²) >= 11 is 0. The van der Waals surface area contributed by atoms with Crippen LogP contribution in [-0.2, 0) is 9.53 Å². The molecule has 0 atom stereocenters. The molecule has 8 N–H and O–H groups in total. The molecule has 0 aromatic rings. The molecule has 0 aliphatic rings. The first-order chi connectivity index (χ1) is 9.18. The van der Waals surface area contributed by atoms with Crippen molar-refractivity contribution in [2.75, 3.05) is 6.61 Å². The number of ether oxygens (including phenoxy) is 1. The fourth-order valence-electron chi connectivity index (χ4n) is 1.81. The first-order valence-corrected chi connectivity index (χ1v) is 7.89. The van der Waals surface area contributed by atoms with Gasteiger partial charge in [0, 0.05) is 6.92 Å². The molecule has 0 heterocycles. The van der Waals surface area contributed by atoms with Crippen LogP contribution in [0.5, 0.6) is 0 Å². The summed E-state index contributed by atoms with van der Waals surface area (Å²) in [6, 6.07) is 0. The molecule has 0 spiro atoms. The average molecular weight is 307 g/mol. The number of rotatable bonds is 11. The first-order valence-electron chi connectivity index (χ1n) is 7.89. The first kappa shape index (κ1) is 28.3. The van der Waals surface area contributed by atoms with Gasteiger partial charge in [-0.15, -0.1) is 6.58 Å². The minimum Gasteiger partial charge on any atom is -0.466 e. The van der Waals surface area contributed by atoms with E-state index < -0.39 is 0 Å². The van der Waals surface area contributed by atoms with Crippen molar-refractivity contribution in [2.24, 2.45) is 0 Å². The number of quaternary nitrogens is 2. The molecule has 0 aliphatic carbocycles. The monoisotopic (exact) mass is 306 g/mol. The van der Waals surface area contributed by atoms with Crippen LogP contribution in [0.15, 0.2) is 12.7 Å². The Morgan fingerprint density at radius 3 is 1.57 bits per heavy atom. The van der Waals surface area contributed by atoms with Gasteiger partial charge in [-0.25, -0.2) is 0 Å². The van der Waals surface area contributed by atoms with E-state index in [9.17, 15) is 4.79 Å². The standard InChI is InChI=1S/C14H28O2.C3H6.2H3N/c1-3-4-5-6-7-8-9-10-11-12-13-16-14(2)15;1-3-2;;/h3-13H2,1-2H3;3H,1H2,2H3;2*1H3/p+2. The van der Waals surface area contributed by atoms with Crippen LogP contribution >= 0.6 is 0 Å². The SMILES string of the molecule is C=CC.CCCCCCCCCCCCOC(C)=O.[NH4+].[NH4+]. The number of unbranched alkanes of at least 4 members (excludes halogenated alkanes) is 9. The Morgan fingerprint density at radius 2 is 1.24 bits per heavy atom. The number of allylic oxidation sites excluding steroid dienone is 1. The van der Waals surface area contributed by atoms with E-state index in [-0.39, 0.29) is 18.3 Å². The van der Waals surface area contributed by atoms with Crippen LogP contribution in [0.1, 0.15) is 85.0 Å². The van der Waals surface area contributed by atoms with Gasteiger partial charge in [-0.1, -0.05) is 70.8 Å². The topological polar surface area (TPSA) is 99.3 Å². The maximum atomic E-state index is 10.5. The molecule has 0 bridgehead atoms. The summed E-state index contributed by atoms with van der Waals surface area (Å²) in [7, 11) is 0. The molecule has 4 nitrogen and oxygen atoms in total. The number of carbonyl (C=O) groups is 1. The van der Waals surface area contributed by atoms with Crippen LogP contribution in [-0.4, -0.2) is 12.6 Å². The Bertz CT molecular complexity index is 197. The largest absolute Gasteiger partial charge is 0.466 e. The van der Waals surface area contributed by atoms with Crippen molar-refractivity contribution in [3.05, 3.63) is 12.7 Å². The van der Waals surface area contributed by atoms with Gasteiger partial charge in [0.1, 0.15) is 0 Å². The van der Waals surface area contributed by atoms with Crippen molar-refractivity contribution in [3.8, 4) is 0 Å². The zero-order valence-electron chi connectivity index (χ0n) is 15.4. The lowest BCUT2D eigenvalue weighted by Gasteiger charge is -2.02. The molecule has 0 saturated heterocycles. The van der Waals surface area contributed by atoms with Crippen molar-refractivity contribution in [3.63, 3.8) is 0 Å². The summed E-state index contributed by atoms with van der Waals surface area (Å²) in [6.07, 6.45) is 14.9. The summed E-state index contributed by atoms with van der Waals surface area (Å²) in [4.78, 5) is 10.5. The number of hydrogen-bond acceptors (Lipinski definition) is 2. The molecular weight excluding hydrogens is 264 g/mol. The maximum Gasteiger partial charge on any atom is 0.302 e. The molecule has 0 aromatic carbocycles. The summed E-state index contributed by atoms with van der Waals surface area (Å²) in [5, 5.41) is 0. The lowest BCUT2D eigenvalue weighted by Crippen LogP contribution is -2.00. The van der Waals surface area contributed by atoms with Crippen molar-refractivity contribution in [1.29, 1.82) is 0 Å². The van der Waals surface area contributed by atoms with Crippen molar-refractivity contribution in [1.82, 2.24) is 12.3 Å². The molecular formula is C17H42N2O2+2. The third-order valence-corrected chi connectivity index (χ3v) is 2.80. The van der Waals surface area contributed by atoms with Gasteiger partial charge in [0.25, 0.3) is 0 Å². The predicted octanol–water partition coefficient (Wildman–Crippen LogP) is 6.42. The van der Waals surface area contributed by atoms with E-state index in [0.29, 0.717) is 6.61 Å². The summed E-state index contributed by atoms with van der Waals surface area (Å²) in [6.45, 7) is 9.57. The molecule has 0 aliphatic heterocycles. The van der Waals surface area contributed by atoms with Crippen LogP contribution in [0, 0.1) is 0 Å². The summed E-state index contributed by atoms with van der Waals surface area (Å²) in [5.74, 6) is -0.157. The van der Waals surface area contributed by atoms with E-state index in [1.54, 1.807) is 6.08 Å². The Labute approximate surface area is 132 Å². The van der Waals surface area contributed by atoms with Gasteiger partial charge in [0.2, 0.25) is 0 Å². The molecule has 21 heavy (non-hydrogen) atoms. The molecule has 0 unspecified atom stereocenters. The molecule has 0 saturated carbocycles. The Morgan fingerprint density at radius 1 is 0.905 bits per heavy atom. The van der Waals surface area contributed by atoms with E-state index in [2.05, 4.69) is 13.5 Å². The van der Waals surface area contributed by atoms with E-state index in [4.69, 9.17) is 4.74 Å². The Balaban J connectivity index is -0.000000264. The van der Waals surface area contributed by atoms with Crippen LogP contribution < -0.4 is 12.3 Å². The summed E-state index contributed by atoms with van der Waals surface area (Å²) in [5.41, 5.74) is 0. The van der Waals surface area contributed by atoms with E-state index in [1.807, 2.05) is 6.92 Å². The Hall–Kier alpha value is -0.870. The number of esters is 1. The fourth-order valence-corrected chi connectivity index (χ4v) is 1.81. The second-order valence-electron chi connectivity index (χ2n) is 4.93. The normalized spacial score (nSPS) is 8.52. The van der Waals surface area contributed by atoms with Gasteiger partial charge in [0.05, 0.1) is 6.61 Å². The third kappa shape index (κ3) is 38.2. The molecule has 0 aromatic heterocycles. The highest BCUT2D eigenvalue weighted by Gasteiger charge is 1.94. The van der Waals surface area contributed by atoms with Crippen molar-refractivity contribution >= 4 is 5.97 Å². The number of carbonyl (C=O) groups excluding carboxylic acids is 1. The highest BCUT2D eigenvalue weighted by atomic mass is 16.5. The van der Waals surface area contributed by atoms with Gasteiger partial charge < -0.3 is 17.0 Å². The van der Waals surface area contributed by atoms with Crippen LogP contribution in [0.2, 0.25) is 0 Å². The molecule has 0 fully saturated rings. The highest BCUT2D eigenvalue weighted by molar-refractivity contribution is 5.65. The van der Waals surface area contributed by atoms with E-state index >= 15 is 0 Å². The van der Waals surface area contributed by atoms with Crippen molar-refractivity contribution < 1.29 is 9.53 Å². The zero-order valence-corrected chi connectivity index (χ0v) is 15.4. The van der Waals surface area contributed by atoms with E-state index in [1.165, 1.54) is 64.7 Å². The van der Waals surface area contributed by atoms with Gasteiger partial charge >= 0.3 is 5.97 Å². The molecule has 0 rings (SSSR count). The van der Waals surface area contributed by atoms with Gasteiger partial charge in [-0.2, -0.15) is 0 Å². The molecule has 0 amide bonds. The fraction of sp³-hybridized carbons (Fsp3) is 0.824. The quantitative estimate of drug-likeness (QED) is 0.261. The summed E-state index contributed by atoms with van der Waals surface area (Å²) < 4.78 is 4.87. The average Bonchev–Trinajstić information content (AvgIpc) is 2.36. The molecule has 0 radical (unpaired) electrons. The van der Waals surface area contributed by atoms with Crippen LogP contribution in [0.25, 0.3) is 0 Å². The zero-order chi connectivity index (χ0) is 14.8. The molecule has 4 heteroatoms. The van der Waals surface area contributed by atoms with Gasteiger partial charge in [0.15, 0.2) is 0 Å². The third-order valence-electron chi connectivity index (χ3n) is 2.80. The van der Waals surface area contributed by atoms with Crippen LogP contribution in [0.4, 0.5) is 0 Å². The maximum absolute atomic E-state index is 10.5. The number of hydrogen-bond donors (Lipinski definition) is 2. The Kier molecular flexibility index (Phi) is 37.0. The second kappa shape index (κ2) is 27.5. The lowest BCUT2D eigenvalue weighted by molar-refractivity contribution is -0.141. The second-order valence-corrected chi connectivity index (χ2v) is 4.93. The van der Waals surface area contributed by atoms with Gasteiger partial charge in [-0.3, -0.25) is 4.79 Å². The van der Waals surface area contributed by atoms with Crippen LogP contribution in [0.3, 0.4) is 0 Å². The smallest absolute Gasteiger partial charge is 0.302 e. The van der Waals surface area contributed by atoms with Gasteiger partial charge in [-0.05, 0) is 13.3 Å². The van der Waals surface area contributed by atoms with Crippen molar-refractivity contribution in [2.45, 2.75) is 85.0 Å². The minimum absolute atomic E-state index is 0. The lowest BCUT2D eigenvalue weighted by atomic mass is 10.1. The highest BCUT2D eigenvalue weighted by Crippen LogP contribution is 2.10. The predicted molar refractivity (Wildman–Crippen MR) is 96.3 cm³/mol.